The average Bonchev–Trinajstić information content (AvgIpc) is 2.73. The lowest BCUT2D eigenvalue weighted by atomic mass is 9.74. The third-order valence-electron chi connectivity index (χ3n) is 4.99. The number of rotatable bonds is 0. The van der Waals surface area contributed by atoms with Crippen LogP contribution in [0, 0.1) is 0 Å². The van der Waals surface area contributed by atoms with Crippen molar-refractivity contribution in [1.29, 1.82) is 0 Å². The maximum Gasteiger partial charge on any atom is 0.213 e. The van der Waals surface area contributed by atoms with Gasteiger partial charge in [0.15, 0.2) is 11.2 Å². The molecule has 21 heavy (non-hydrogen) atoms. The molecule has 1 saturated heterocycles. The van der Waals surface area contributed by atoms with Gasteiger partial charge >= 0.3 is 0 Å². The second-order valence-electron chi connectivity index (χ2n) is 6.27. The van der Waals surface area contributed by atoms with E-state index in [1.165, 1.54) is 0 Å². The molecule has 2 aromatic heterocycles. The van der Waals surface area contributed by atoms with E-state index in [2.05, 4.69) is 43.1 Å². The normalized spacial score (nSPS) is 23.6. The highest BCUT2D eigenvalue weighted by atomic mass is 79.9. The summed E-state index contributed by atoms with van der Waals surface area (Å²) in [4.78, 5) is 25.1. The van der Waals surface area contributed by atoms with Crippen molar-refractivity contribution in [2.75, 3.05) is 13.1 Å². The fourth-order valence-corrected chi connectivity index (χ4v) is 4.37. The fraction of sp³-hybridized carbons (Fsp3) is 0.533. The quantitative estimate of drug-likeness (QED) is 0.765. The van der Waals surface area contributed by atoms with Crippen molar-refractivity contribution < 1.29 is 0 Å². The number of H-pyrrole nitrogens is 1. The molecule has 4 rings (SSSR count). The third-order valence-corrected chi connectivity index (χ3v) is 5.37. The first-order valence-electron chi connectivity index (χ1n) is 7.40. The molecule has 0 radical (unpaired) electrons. The van der Waals surface area contributed by atoms with Crippen LogP contribution in [0.25, 0.3) is 11.2 Å². The van der Waals surface area contributed by atoms with Crippen LogP contribution in [0.5, 0.6) is 0 Å². The van der Waals surface area contributed by atoms with Gasteiger partial charge in [0.2, 0.25) is 5.43 Å². The van der Waals surface area contributed by atoms with Gasteiger partial charge in [0.05, 0.1) is 6.20 Å². The van der Waals surface area contributed by atoms with Gasteiger partial charge in [-0.2, -0.15) is 0 Å². The van der Waals surface area contributed by atoms with Gasteiger partial charge in [0.25, 0.3) is 0 Å². The van der Waals surface area contributed by atoms with Crippen LogP contribution in [0.3, 0.4) is 0 Å². The summed E-state index contributed by atoms with van der Waals surface area (Å²) in [6.07, 6.45) is 4.73. The van der Waals surface area contributed by atoms with Crippen LogP contribution in [0.15, 0.2) is 15.6 Å². The summed E-state index contributed by atoms with van der Waals surface area (Å²) in [5.74, 6) is 0.376. The molecule has 3 heterocycles. The highest BCUT2D eigenvalue weighted by Gasteiger charge is 2.45. The van der Waals surface area contributed by atoms with Crippen LogP contribution in [-0.2, 0) is 5.41 Å². The molecule has 5 nitrogen and oxygen atoms in total. The Morgan fingerprint density at radius 2 is 2.14 bits per heavy atom. The number of pyridine rings is 1. The van der Waals surface area contributed by atoms with Crippen LogP contribution in [-0.4, -0.2) is 28.0 Å². The van der Waals surface area contributed by atoms with Crippen LogP contribution in [0.1, 0.15) is 43.4 Å². The van der Waals surface area contributed by atoms with Gasteiger partial charge in [0.1, 0.15) is 4.60 Å². The Morgan fingerprint density at radius 3 is 2.90 bits per heavy atom. The standard InChI is InChI=1S/C15H17BrN4O/c1-8-6-15(2-4-17-5-3-15)10-11(8)20-14-12(13(10)21)19-9(16)7-18-14/h7-8,17H,2-6H2,1H3,(H,18,20,21). The molecule has 6 heteroatoms. The van der Waals surface area contributed by atoms with E-state index in [1.54, 1.807) is 6.20 Å². The largest absolute Gasteiger partial charge is 0.341 e. The second-order valence-corrected chi connectivity index (χ2v) is 7.08. The van der Waals surface area contributed by atoms with Gasteiger partial charge < -0.3 is 10.3 Å². The Morgan fingerprint density at radius 1 is 1.38 bits per heavy atom. The van der Waals surface area contributed by atoms with Crippen molar-refractivity contribution in [3.05, 3.63) is 32.3 Å². The molecule has 1 fully saturated rings. The lowest BCUT2D eigenvalue weighted by Gasteiger charge is -2.34. The number of halogens is 1. The number of hydrogen-bond acceptors (Lipinski definition) is 4. The molecular weight excluding hydrogens is 332 g/mol. The Kier molecular flexibility index (Phi) is 2.94. The number of piperidine rings is 1. The van der Waals surface area contributed by atoms with E-state index >= 15 is 0 Å². The summed E-state index contributed by atoms with van der Waals surface area (Å²) < 4.78 is 0.603. The molecule has 1 atom stereocenters. The first-order valence-corrected chi connectivity index (χ1v) is 8.20. The second kappa shape index (κ2) is 4.61. The topological polar surface area (TPSA) is 70.7 Å². The van der Waals surface area contributed by atoms with Crippen LogP contribution in [0.2, 0.25) is 0 Å². The molecule has 1 spiro atoms. The Hall–Kier alpha value is -1.27. The lowest BCUT2D eigenvalue weighted by Crippen LogP contribution is -2.41. The number of fused-ring (bicyclic) bond motifs is 3. The van der Waals surface area contributed by atoms with Crippen molar-refractivity contribution in [2.24, 2.45) is 0 Å². The molecule has 0 aromatic carbocycles. The smallest absolute Gasteiger partial charge is 0.213 e. The summed E-state index contributed by atoms with van der Waals surface area (Å²) in [6.45, 7) is 4.16. The molecule has 2 N–H and O–H groups in total. The maximum atomic E-state index is 13.0. The van der Waals surface area contributed by atoms with E-state index in [-0.39, 0.29) is 10.8 Å². The Labute approximate surface area is 130 Å². The summed E-state index contributed by atoms with van der Waals surface area (Å²) in [6, 6.07) is 0. The maximum absolute atomic E-state index is 13.0. The molecule has 2 aromatic rings. The summed E-state index contributed by atoms with van der Waals surface area (Å²) in [7, 11) is 0. The number of nitrogens with one attached hydrogen (secondary N) is 2. The molecule has 0 bridgehead atoms. The molecule has 110 valence electrons. The third kappa shape index (κ3) is 1.89. The number of aromatic nitrogens is 3. The van der Waals surface area contributed by atoms with Crippen molar-refractivity contribution in [2.45, 2.75) is 37.5 Å². The van der Waals surface area contributed by atoms with Crippen molar-refractivity contribution >= 4 is 27.1 Å². The van der Waals surface area contributed by atoms with Gasteiger partial charge in [0, 0.05) is 16.7 Å². The highest BCUT2D eigenvalue weighted by Crippen LogP contribution is 2.48. The SMILES string of the molecule is CC1CC2(CCNCC2)c2c1[nH]c1ncc(Br)nc1c2=O. The first kappa shape index (κ1) is 13.4. The minimum atomic E-state index is 0.0196. The van der Waals surface area contributed by atoms with E-state index < -0.39 is 0 Å². The predicted molar refractivity (Wildman–Crippen MR) is 84.7 cm³/mol. The molecule has 1 aliphatic carbocycles. The number of aromatic amines is 1. The summed E-state index contributed by atoms with van der Waals surface area (Å²) in [5.41, 5.74) is 3.18. The summed E-state index contributed by atoms with van der Waals surface area (Å²) >= 11 is 3.31. The van der Waals surface area contributed by atoms with Gasteiger partial charge in [-0.3, -0.25) is 4.79 Å². The van der Waals surface area contributed by atoms with Crippen LogP contribution < -0.4 is 10.7 Å². The number of hydrogen-bond donors (Lipinski definition) is 2. The van der Waals surface area contributed by atoms with E-state index in [0.717, 1.165) is 43.6 Å². The Balaban J connectivity index is 2.03. The van der Waals surface area contributed by atoms with Crippen LogP contribution >= 0.6 is 15.9 Å². The zero-order chi connectivity index (χ0) is 14.6. The average molecular weight is 349 g/mol. The van der Waals surface area contributed by atoms with Gasteiger partial charge in [-0.15, -0.1) is 0 Å². The zero-order valence-electron chi connectivity index (χ0n) is 11.9. The van der Waals surface area contributed by atoms with E-state index in [9.17, 15) is 4.79 Å². The van der Waals surface area contributed by atoms with Crippen molar-refractivity contribution in [1.82, 2.24) is 20.3 Å². The fourth-order valence-electron chi connectivity index (χ4n) is 4.09. The van der Waals surface area contributed by atoms with Crippen molar-refractivity contribution in [3.8, 4) is 0 Å². The molecular formula is C15H17BrN4O. The zero-order valence-corrected chi connectivity index (χ0v) is 13.5. The van der Waals surface area contributed by atoms with Crippen molar-refractivity contribution in [3.63, 3.8) is 0 Å². The van der Waals surface area contributed by atoms with E-state index in [1.807, 2.05) is 0 Å². The lowest BCUT2D eigenvalue weighted by molar-refractivity contribution is 0.295. The summed E-state index contributed by atoms with van der Waals surface area (Å²) in [5, 5.41) is 3.40. The Bertz CT molecular complexity index is 779. The molecule has 1 aliphatic heterocycles. The molecule has 0 saturated carbocycles. The molecule has 2 aliphatic rings. The minimum Gasteiger partial charge on any atom is -0.341 e. The van der Waals surface area contributed by atoms with E-state index in [0.29, 0.717) is 21.7 Å². The molecule has 1 unspecified atom stereocenters. The van der Waals surface area contributed by atoms with Gasteiger partial charge in [-0.1, -0.05) is 6.92 Å². The van der Waals surface area contributed by atoms with Gasteiger partial charge in [-0.25, -0.2) is 9.97 Å². The minimum absolute atomic E-state index is 0.0196. The molecule has 0 amide bonds. The van der Waals surface area contributed by atoms with Gasteiger partial charge in [-0.05, 0) is 54.2 Å². The first-order chi connectivity index (χ1) is 10.1. The van der Waals surface area contributed by atoms with Crippen LogP contribution in [0.4, 0.5) is 0 Å². The van der Waals surface area contributed by atoms with E-state index in [4.69, 9.17) is 0 Å². The monoisotopic (exact) mass is 348 g/mol. The predicted octanol–water partition coefficient (Wildman–Crippen LogP) is 2.21. The number of nitrogens with zero attached hydrogens (tertiary/aromatic N) is 2. The highest BCUT2D eigenvalue weighted by molar-refractivity contribution is 9.10.